The smallest absolute Gasteiger partial charge is 0.227 e. The molecular formula is C28H21FN8O2. The minimum atomic E-state index is -0.428. The van der Waals surface area contributed by atoms with Gasteiger partial charge in [0.25, 0.3) is 0 Å². The molecule has 192 valence electrons. The van der Waals surface area contributed by atoms with Crippen LogP contribution in [0.4, 0.5) is 10.1 Å². The summed E-state index contributed by atoms with van der Waals surface area (Å²) in [6.45, 7) is 0. The summed E-state index contributed by atoms with van der Waals surface area (Å²) in [7, 11) is 1.49. The van der Waals surface area contributed by atoms with Crippen LogP contribution >= 0.6 is 0 Å². The van der Waals surface area contributed by atoms with Gasteiger partial charge in [0.2, 0.25) is 5.91 Å². The Hall–Kier alpha value is -5.19. The zero-order chi connectivity index (χ0) is 26.5. The lowest BCUT2D eigenvalue weighted by atomic mass is 10.1. The normalized spacial score (nSPS) is 13.2. The Morgan fingerprint density at radius 1 is 1.03 bits per heavy atom. The van der Waals surface area contributed by atoms with E-state index in [1.54, 1.807) is 36.9 Å². The molecule has 10 nitrogen and oxygen atoms in total. The van der Waals surface area contributed by atoms with Gasteiger partial charge in [-0.15, -0.1) is 0 Å². The zero-order valence-electron chi connectivity index (χ0n) is 20.7. The summed E-state index contributed by atoms with van der Waals surface area (Å²) < 4.78 is 19.5. The second-order valence-electron chi connectivity index (χ2n) is 9.43. The molecule has 0 aliphatic heterocycles. The highest BCUT2D eigenvalue weighted by molar-refractivity contribution is 5.97. The first-order valence-electron chi connectivity index (χ1n) is 12.4. The summed E-state index contributed by atoms with van der Waals surface area (Å²) in [4.78, 5) is 33.6. The largest absolute Gasteiger partial charge is 0.497 e. The van der Waals surface area contributed by atoms with Crippen LogP contribution in [0, 0.1) is 11.7 Å². The number of aromatic nitrogens is 7. The van der Waals surface area contributed by atoms with E-state index in [0.717, 1.165) is 34.8 Å². The third kappa shape index (κ3) is 4.23. The van der Waals surface area contributed by atoms with E-state index in [1.165, 1.54) is 19.2 Å². The summed E-state index contributed by atoms with van der Waals surface area (Å²) in [6, 6.07) is 10.00. The first-order chi connectivity index (χ1) is 19.1. The van der Waals surface area contributed by atoms with Crippen molar-refractivity contribution >= 4 is 33.5 Å². The molecule has 1 fully saturated rings. The van der Waals surface area contributed by atoms with E-state index in [9.17, 15) is 9.18 Å². The van der Waals surface area contributed by atoms with Crippen LogP contribution in [0.3, 0.4) is 0 Å². The van der Waals surface area contributed by atoms with Gasteiger partial charge in [0.05, 0.1) is 47.6 Å². The zero-order valence-corrected chi connectivity index (χ0v) is 20.7. The number of nitrogens with one attached hydrogen (secondary N) is 3. The van der Waals surface area contributed by atoms with Gasteiger partial charge < -0.3 is 15.0 Å². The van der Waals surface area contributed by atoms with E-state index in [0.29, 0.717) is 45.4 Å². The highest BCUT2D eigenvalue weighted by Crippen LogP contribution is 2.34. The van der Waals surface area contributed by atoms with Crippen molar-refractivity contribution in [1.82, 2.24) is 35.1 Å². The number of imidazole rings is 1. The number of amides is 1. The second kappa shape index (κ2) is 8.98. The number of H-pyrrole nitrogens is 2. The molecule has 0 unspecified atom stereocenters. The van der Waals surface area contributed by atoms with Crippen LogP contribution in [0.25, 0.3) is 56.0 Å². The van der Waals surface area contributed by atoms with Crippen LogP contribution in [0.1, 0.15) is 12.8 Å². The third-order valence-electron chi connectivity index (χ3n) is 6.70. The van der Waals surface area contributed by atoms with Crippen molar-refractivity contribution in [1.29, 1.82) is 0 Å². The van der Waals surface area contributed by atoms with Gasteiger partial charge in [0, 0.05) is 40.9 Å². The molecule has 1 amide bonds. The fourth-order valence-electron chi connectivity index (χ4n) is 4.57. The van der Waals surface area contributed by atoms with E-state index >= 15 is 0 Å². The van der Waals surface area contributed by atoms with E-state index in [-0.39, 0.29) is 11.8 Å². The van der Waals surface area contributed by atoms with Gasteiger partial charge >= 0.3 is 0 Å². The average molecular weight is 521 g/mol. The van der Waals surface area contributed by atoms with Gasteiger partial charge in [-0.2, -0.15) is 5.10 Å². The van der Waals surface area contributed by atoms with Gasteiger partial charge in [-0.1, -0.05) is 0 Å². The molecule has 1 aliphatic carbocycles. The number of fused-ring (bicyclic) bond motifs is 2. The molecule has 5 heterocycles. The van der Waals surface area contributed by atoms with Crippen molar-refractivity contribution in [2.24, 2.45) is 5.92 Å². The maximum atomic E-state index is 14.2. The van der Waals surface area contributed by atoms with E-state index in [1.807, 2.05) is 12.1 Å². The van der Waals surface area contributed by atoms with Crippen LogP contribution < -0.4 is 10.1 Å². The second-order valence-corrected chi connectivity index (χ2v) is 9.43. The van der Waals surface area contributed by atoms with Gasteiger partial charge in [0.1, 0.15) is 22.8 Å². The molecule has 1 aromatic carbocycles. The molecule has 1 aliphatic rings. The van der Waals surface area contributed by atoms with Crippen molar-refractivity contribution in [3.8, 4) is 39.8 Å². The van der Waals surface area contributed by atoms with Crippen LogP contribution in [0.5, 0.6) is 5.75 Å². The van der Waals surface area contributed by atoms with E-state index in [4.69, 9.17) is 9.72 Å². The van der Waals surface area contributed by atoms with Crippen LogP contribution in [-0.2, 0) is 4.79 Å². The number of benzene rings is 1. The number of aromatic amines is 2. The molecule has 0 bridgehead atoms. The van der Waals surface area contributed by atoms with Gasteiger partial charge in [0.15, 0.2) is 5.82 Å². The molecule has 0 atom stereocenters. The van der Waals surface area contributed by atoms with E-state index < -0.39 is 5.82 Å². The summed E-state index contributed by atoms with van der Waals surface area (Å²) >= 11 is 0. The molecule has 0 radical (unpaired) electrons. The molecule has 6 aromatic rings. The lowest BCUT2D eigenvalue weighted by Crippen LogP contribution is -2.13. The fourth-order valence-corrected chi connectivity index (χ4v) is 4.57. The van der Waals surface area contributed by atoms with Crippen molar-refractivity contribution in [3.63, 3.8) is 0 Å². The molecular weight excluding hydrogens is 499 g/mol. The number of ether oxygens (including phenoxy) is 1. The van der Waals surface area contributed by atoms with Gasteiger partial charge in [-0.25, -0.2) is 9.37 Å². The van der Waals surface area contributed by atoms with Crippen molar-refractivity contribution in [2.45, 2.75) is 12.8 Å². The SMILES string of the molecule is COc1cc(F)cc(-c2nccc3[nH]c(-c4n[nH]c5cnc(-c6cncc(NC(=O)C7CC7)c6)cc45)nc23)c1. The number of pyridine rings is 3. The first kappa shape index (κ1) is 23.0. The maximum Gasteiger partial charge on any atom is 0.227 e. The van der Waals surface area contributed by atoms with Crippen LogP contribution in [0.15, 0.2) is 61.2 Å². The highest BCUT2D eigenvalue weighted by atomic mass is 19.1. The summed E-state index contributed by atoms with van der Waals surface area (Å²) in [5, 5.41) is 11.2. The quantitative estimate of drug-likeness (QED) is 0.277. The number of carbonyl (C=O) groups is 1. The van der Waals surface area contributed by atoms with Crippen LogP contribution in [0.2, 0.25) is 0 Å². The standard InChI is InChI=1S/C28H21FN8O2/c1-39-19-8-15(6-17(29)9-19)24-26-21(4-5-31-24)34-27(35-26)25-20-10-22(32-13-23(20)36-37-25)16-7-18(12-30-11-16)33-28(38)14-2-3-14/h4-14H,2-3H2,1H3,(H,33,38)(H,34,35)(H,36,37). The van der Waals surface area contributed by atoms with Gasteiger partial charge in [-0.05, 0) is 43.2 Å². The Labute approximate surface area is 220 Å². The lowest BCUT2D eigenvalue weighted by Gasteiger charge is -2.06. The summed E-state index contributed by atoms with van der Waals surface area (Å²) in [5.74, 6) is 0.602. The lowest BCUT2D eigenvalue weighted by molar-refractivity contribution is -0.117. The molecule has 7 rings (SSSR count). The minimum Gasteiger partial charge on any atom is -0.497 e. The van der Waals surface area contributed by atoms with Crippen molar-refractivity contribution in [2.75, 3.05) is 12.4 Å². The monoisotopic (exact) mass is 520 g/mol. The summed E-state index contributed by atoms with van der Waals surface area (Å²) in [6.07, 6.45) is 8.52. The first-order valence-corrected chi connectivity index (χ1v) is 12.4. The Bertz CT molecular complexity index is 1890. The molecule has 3 N–H and O–H groups in total. The molecule has 0 saturated heterocycles. The number of hydrogen-bond donors (Lipinski definition) is 3. The highest BCUT2D eigenvalue weighted by Gasteiger charge is 2.29. The number of rotatable bonds is 6. The number of nitrogens with zero attached hydrogens (tertiary/aromatic N) is 5. The van der Waals surface area contributed by atoms with Crippen molar-refractivity contribution < 1.29 is 13.9 Å². The van der Waals surface area contributed by atoms with E-state index in [2.05, 4.69) is 35.5 Å². The molecule has 5 aromatic heterocycles. The molecule has 1 saturated carbocycles. The summed E-state index contributed by atoms with van der Waals surface area (Å²) in [5.41, 5.74) is 5.76. The Balaban J connectivity index is 1.28. The minimum absolute atomic E-state index is 0.0184. The molecule has 39 heavy (non-hydrogen) atoms. The van der Waals surface area contributed by atoms with Crippen molar-refractivity contribution in [3.05, 3.63) is 67.0 Å². The third-order valence-corrected chi connectivity index (χ3v) is 6.70. The maximum absolute atomic E-state index is 14.2. The molecule has 11 heteroatoms. The van der Waals surface area contributed by atoms with Crippen LogP contribution in [-0.4, -0.2) is 48.1 Å². The number of halogens is 1. The average Bonchev–Trinajstić information content (AvgIpc) is 3.58. The Kier molecular flexibility index (Phi) is 5.29. The predicted molar refractivity (Wildman–Crippen MR) is 143 cm³/mol. The number of methoxy groups -OCH3 is 1. The Morgan fingerprint density at radius 2 is 1.92 bits per heavy atom. The van der Waals surface area contributed by atoms with Gasteiger partial charge in [-0.3, -0.25) is 24.8 Å². The number of carbonyl (C=O) groups excluding carboxylic acids is 1. The number of hydrogen-bond acceptors (Lipinski definition) is 7. The fraction of sp³-hybridized carbons (Fsp3) is 0.143. The Morgan fingerprint density at radius 3 is 2.77 bits per heavy atom. The topological polar surface area (TPSA) is 134 Å². The predicted octanol–water partition coefficient (Wildman–Crippen LogP) is 5.12. The number of anilines is 1. The molecule has 0 spiro atoms.